The molecule has 3 heterocycles. The molecule has 1 unspecified atom stereocenters. The van der Waals surface area contributed by atoms with E-state index in [1.165, 1.54) is 12.1 Å². The van der Waals surface area contributed by atoms with Crippen molar-refractivity contribution in [1.82, 2.24) is 20.4 Å². The number of urea groups is 1. The molecular formula is C28H23FN4O4. The van der Waals surface area contributed by atoms with Crippen LogP contribution in [0.1, 0.15) is 35.5 Å². The molecule has 9 heteroatoms. The molecule has 37 heavy (non-hydrogen) atoms. The van der Waals surface area contributed by atoms with Crippen molar-refractivity contribution in [3.63, 3.8) is 0 Å². The van der Waals surface area contributed by atoms with E-state index < -0.39 is 11.9 Å². The summed E-state index contributed by atoms with van der Waals surface area (Å²) >= 11 is 0. The number of carbonyl (C=O) groups is 1. The maximum absolute atomic E-state index is 14.2. The normalized spacial score (nSPS) is 16.8. The van der Waals surface area contributed by atoms with Gasteiger partial charge in [-0.3, -0.25) is 4.90 Å². The number of ether oxygens (including phenoxy) is 2. The van der Waals surface area contributed by atoms with Crippen molar-refractivity contribution in [3.05, 3.63) is 101 Å². The molecule has 1 N–H and O–H groups in total. The molecule has 1 aromatic heterocycles. The standard InChI is InChI=1S/C28H23FN4O4/c1-16-6-8-18(9-7-16)14-33-17(2)24(25(30-28(33)34)19-4-3-5-21(29)12-19)27-31-26(32-37-27)20-10-11-22-23(13-20)36-15-35-22/h3-13,25H,14-15H2,1-2H3,(H,30,34). The van der Waals surface area contributed by atoms with Crippen LogP contribution >= 0.6 is 0 Å². The smallest absolute Gasteiger partial charge is 0.322 e. The second kappa shape index (κ2) is 9.09. The number of halogens is 1. The molecule has 0 bridgehead atoms. The number of nitrogens with zero attached hydrogens (tertiary/aromatic N) is 3. The molecule has 0 saturated heterocycles. The molecule has 2 aliphatic rings. The monoisotopic (exact) mass is 498 g/mol. The lowest BCUT2D eigenvalue weighted by molar-refractivity contribution is 0.174. The Morgan fingerprint density at radius 3 is 2.65 bits per heavy atom. The van der Waals surface area contributed by atoms with Gasteiger partial charge in [-0.25, -0.2) is 9.18 Å². The first-order valence-corrected chi connectivity index (χ1v) is 11.8. The number of amides is 2. The van der Waals surface area contributed by atoms with Gasteiger partial charge < -0.3 is 19.3 Å². The predicted octanol–water partition coefficient (Wildman–Crippen LogP) is 5.61. The fourth-order valence-electron chi connectivity index (χ4n) is 4.55. The molecule has 0 saturated carbocycles. The van der Waals surface area contributed by atoms with Gasteiger partial charge in [0.05, 0.1) is 18.2 Å². The Bertz CT molecular complexity index is 1530. The van der Waals surface area contributed by atoms with Crippen molar-refractivity contribution in [2.75, 3.05) is 6.79 Å². The topological polar surface area (TPSA) is 89.7 Å². The second-order valence-corrected chi connectivity index (χ2v) is 9.00. The first-order chi connectivity index (χ1) is 18.0. The molecule has 2 amide bonds. The number of nitrogens with one attached hydrogen (secondary N) is 1. The molecule has 2 aliphatic heterocycles. The number of aromatic nitrogens is 2. The lowest BCUT2D eigenvalue weighted by Crippen LogP contribution is -2.45. The highest BCUT2D eigenvalue weighted by atomic mass is 19.1. The van der Waals surface area contributed by atoms with Crippen LogP contribution in [0.5, 0.6) is 11.5 Å². The fraction of sp³-hybridized carbons (Fsp3) is 0.179. The van der Waals surface area contributed by atoms with Crippen LogP contribution in [0.15, 0.2) is 77.0 Å². The molecule has 0 spiro atoms. The third-order valence-corrected chi connectivity index (χ3v) is 6.53. The van der Waals surface area contributed by atoms with E-state index in [0.29, 0.717) is 46.3 Å². The van der Waals surface area contributed by atoms with Gasteiger partial charge in [0.25, 0.3) is 5.89 Å². The zero-order valence-corrected chi connectivity index (χ0v) is 20.2. The van der Waals surface area contributed by atoms with Crippen molar-refractivity contribution in [2.45, 2.75) is 26.4 Å². The summed E-state index contributed by atoms with van der Waals surface area (Å²) in [6, 6.07) is 18.5. The SMILES string of the molecule is CC1=C(c2nc(-c3ccc4c(c3)OCO4)no2)C(c2cccc(F)c2)NC(=O)N1Cc1ccc(C)cc1. The number of benzene rings is 3. The Kier molecular flexibility index (Phi) is 5.60. The molecule has 6 rings (SSSR count). The highest BCUT2D eigenvalue weighted by molar-refractivity contribution is 5.87. The van der Waals surface area contributed by atoms with Crippen LogP contribution in [-0.2, 0) is 6.54 Å². The molecule has 0 radical (unpaired) electrons. The molecule has 0 fully saturated rings. The van der Waals surface area contributed by atoms with Crippen molar-refractivity contribution >= 4 is 11.6 Å². The first-order valence-electron chi connectivity index (χ1n) is 11.8. The van der Waals surface area contributed by atoms with Crippen LogP contribution in [0, 0.1) is 12.7 Å². The molecular weight excluding hydrogens is 475 g/mol. The van der Waals surface area contributed by atoms with Gasteiger partial charge in [0.2, 0.25) is 12.6 Å². The van der Waals surface area contributed by atoms with Gasteiger partial charge in [-0.15, -0.1) is 0 Å². The minimum Gasteiger partial charge on any atom is -0.454 e. The molecule has 186 valence electrons. The second-order valence-electron chi connectivity index (χ2n) is 9.00. The van der Waals surface area contributed by atoms with Gasteiger partial charge in [0.1, 0.15) is 5.82 Å². The molecule has 8 nitrogen and oxygen atoms in total. The fourth-order valence-corrected chi connectivity index (χ4v) is 4.55. The van der Waals surface area contributed by atoms with Gasteiger partial charge in [-0.05, 0) is 55.3 Å². The molecule has 4 aromatic rings. The minimum absolute atomic E-state index is 0.161. The summed E-state index contributed by atoms with van der Waals surface area (Å²) in [5, 5.41) is 7.18. The van der Waals surface area contributed by atoms with Gasteiger partial charge in [-0.1, -0.05) is 47.1 Å². The Morgan fingerprint density at radius 1 is 1.03 bits per heavy atom. The third-order valence-electron chi connectivity index (χ3n) is 6.53. The van der Waals surface area contributed by atoms with E-state index in [2.05, 4.69) is 15.5 Å². The number of allylic oxidation sites excluding steroid dienone is 1. The summed E-state index contributed by atoms with van der Waals surface area (Å²) < 4.78 is 30.7. The van der Waals surface area contributed by atoms with Crippen LogP contribution in [0.25, 0.3) is 17.0 Å². The van der Waals surface area contributed by atoms with Crippen molar-refractivity contribution in [2.24, 2.45) is 0 Å². The Hall–Kier alpha value is -4.66. The van der Waals surface area contributed by atoms with E-state index in [1.54, 1.807) is 29.2 Å². The molecule has 3 aromatic carbocycles. The summed E-state index contributed by atoms with van der Waals surface area (Å²) in [5.41, 5.74) is 4.59. The van der Waals surface area contributed by atoms with Crippen LogP contribution in [0.2, 0.25) is 0 Å². The Morgan fingerprint density at radius 2 is 1.84 bits per heavy atom. The summed E-state index contributed by atoms with van der Waals surface area (Å²) in [6.07, 6.45) is 0. The lowest BCUT2D eigenvalue weighted by atomic mass is 9.94. The number of aryl methyl sites for hydroxylation is 1. The number of hydrogen-bond donors (Lipinski definition) is 1. The van der Waals surface area contributed by atoms with E-state index in [-0.39, 0.29) is 18.7 Å². The van der Waals surface area contributed by atoms with Crippen LogP contribution < -0.4 is 14.8 Å². The first kappa shape index (κ1) is 22.8. The van der Waals surface area contributed by atoms with Crippen LogP contribution in [0.3, 0.4) is 0 Å². The Labute approximate surface area is 212 Å². The highest BCUT2D eigenvalue weighted by Gasteiger charge is 2.36. The summed E-state index contributed by atoms with van der Waals surface area (Å²) in [5.74, 6) is 1.43. The van der Waals surface area contributed by atoms with Crippen molar-refractivity contribution in [1.29, 1.82) is 0 Å². The van der Waals surface area contributed by atoms with Gasteiger partial charge in [0.15, 0.2) is 11.5 Å². The Balaban J connectivity index is 1.42. The quantitative estimate of drug-likeness (QED) is 0.385. The minimum atomic E-state index is -0.678. The number of carbonyl (C=O) groups excluding carboxylic acids is 1. The molecule has 0 aliphatic carbocycles. The van der Waals surface area contributed by atoms with Crippen molar-refractivity contribution in [3.8, 4) is 22.9 Å². The zero-order valence-electron chi connectivity index (χ0n) is 20.2. The van der Waals surface area contributed by atoms with E-state index in [1.807, 2.05) is 44.2 Å². The summed E-state index contributed by atoms with van der Waals surface area (Å²) in [4.78, 5) is 19.5. The van der Waals surface area contributed by atoms with Gasteiger partial charge in [0, 0.05) is 11.3 Å². The average molecular weight is 499 g/mol. The number of fused-ring (bicyclic) bond motifs is 1. The maximum Gasteiger partial charge on any atom is 0.322 e. The third kappa shape index (κ3) is 4.29. The molecule has 1 atom stereocenters. The summed E-state index contributed by atoms with van der Waals surface area (Å²) in [7, 11) is 0. The van der Waals surface area contributed by atoms with Crippen LogP contribution in [-0.4, -0.2) is 27.9 Å². The number of rotatable bonds is 5. The average Bonchev–Trinajstić information content (AvgIpc) is 3.57. The predicted molar refractivity (Wildman–Crippen MR) is 133 cm³/mol. The van der Waals surface area contributed by atoms with E-state index in [9.17, 15) is 9.18 Å². The van der Waals surface area contributed by atoms with Crippen LogP contribution in [0.4, 0.5) is 9.18 Å². The number of hydrogen-bond acceptors (Lipinski definition) is 6. The maximum atomic E-state index is 14.2. The summed E-state index contributed by atoms with van der Waals surface area (Å²) in [6.45, 7) is 4.35. The largest absolute Gasteiger partial charge is 0.454 e. The lowest BCUT2D eigenvalue weighted by Gasteiger charge is -2.35. The van der Waals surface area contributed by atoms with E-state index in [4.69, 9.17) is 14.0 Å². The van der Waals surface area contributed by atoms with Gasteiger partial charge in [-0.2, -0.15) is 4.98 Å². The van der Waals surface area contributed by atoms with E-state index in [0.717, 1.165) is 11.1 Å². The van der Waals surface area contributed by atoms with E-state index >= 15 is 0 Å². The van der Waals surface area contributed by atoms with Crippen molar-refractivity contribution < 1.29 is 23.2 Å². The zero-order chi connectivity index (χ0) is 25.5. The van der Waals surface area contributed by atoms with Gasteiger partial charge >= 0.3 is 6.03 Å². The highest BCUT2D eigenvalue weighted by Crippen LogP contribution is 2.39.